The van der Waals surface area contributed by atoms with Gasteiger partial charge in [0.25, 0.3) is 0 Å². The maximum Gasteiger partial charge on any atom is 0.0271 e. The summed E-state index contributed by atoms with van der Waals surface area (Å²) < 4.78 is 0. The molecule has 0 aromatic carbocycles. The Hall–Kier alpha value is -1.33. The van der Waals surface area contributed by atoms with Crippen LogP contribution in [0.4, 0.5) is 0 Å². The molecule has 0 N–H and O–H groups in total. The summed E-state index contributed by atoms with van der Waals surface area (Å²) >= 11 is 0. The fourth-order valence-electron chi connectivity index (χ4n) is 1.33. The lowest BCUT2D eigenvalue weighted by molar-refractivity contribution is 0.324. The van der Waals surface area contributed by atoms with E-state index < -0.39 is 0 Å². The number of hydrogen-bond acceptors (Lipinski definition) is 2. The van der Waals surface area contributed by atoms with Crippen molar-refractivity contribution in [1.29, 1.82) is 0 Å². The van der Waals surface area contributed by atoms with Gasteiger partial charge in [-0.25, -0.2) is 0 Å². The Morgan fingerprint density at radius 2 is 2.14 bits per heavy atom. The molecule has 2 nitrogen and oxygen atoms in total. The Kier molecular flexibility index (Phi) is 4.74. The van der Waals surface area contributed by atoms with E-state index >= 15 is 0 Å². The lowest BCUT2D eigenvalue weighted by Gasteiger charge is -2.15. The summed E-state index contributed by atoms with van der Waals surface area (Å²) in [6, 6.07) is 4.08. The Labute approximate surface area is 86.0 Å². The molecule has 0 atom stereocenters. The highest BCUT2D eigenvalue weighted by Gasteiger charge is 1.98. The smallest absolute Gasteiger partial charge is 0.0271 e. The van der Waals surface area contributed by atoms with Gasteiger partial charge in [-0.15, -0.1) is 12.3 Å². The number of rotatable bonds is 5. The van der Waals surface area contributed by atoms with Gasteiger partial charge in [0.05, 0.1) is 0 Å². The van der Waals surface area contributed by atoms with Crippen molar-refractivity contribution in [3.05, 3.63) is 30.1 Å². The van der Waals surface area contributed by atoms with Crippen LogP contribution < -0.4 is 0 Å². The maximum absolute atomic E-state index is 5.19. The molecule has 0 unspecified atom stereocenters. The van der Waals surface area contributed by atoms with Gasteiger partial charge in [-0.05, 0) is 37.7 Å². The van der Waals surface area contributed by atoms with Crippen LogP contribution in [0.15, 0.2) is 24.5 Å². The molecule has 2 heteroatoms. The zero-order valence-corrected chi connectivity index (χ0v) is 8.61. The van der Waals surface area contributed by atoms with E-state index in [1.807, 2.05) is 24.5 Å². The van der Waals surface area contributed by atoms with Crippen molar-refractivity contribution in [3.63, 3.8) is 0 Å². The number of pyridine rings is 1. The van der Waals surface area contributed by atoms with Crippen LogP contribution in [-0.2, 0) is 6.54 Å². The lowest BCUT2D eigenvalue weighted by atomic mass is 10.2. The molecule has 0 aliphatic carbocycles. The normalized spacial score (nSPS) is 10.1. The molecule has 0 amide bonds. The third-order valence-electron chi connectivity index (χ3n) is 2.06. The molecule has 0 aliphatic rings. The summed E-state index contributed by atoms with van der Waals surface area (Å²) in [5.41, 5.74) is 1.29. The molecule has 1 aromatic rings. The van der Waals surface area contributed by atoms with Crippen molar-refractivity contribution in [2.75, 3.05) is 13.6 Å². The van der Waals surface area contributed by atoms with E-state index in [0.717, 1.165) is 25.9 Å². The van der Waals surface area contributed by atoms with Crippen molar-refractivity contribution in [3.8, 4) is 12.3 Å². The molecule has 0 fully saturated rings. The topological polar surface area (TPSA) is 16.1 Å². The van der Waals surface area contributed by atoms with E-state index in [0.29, 0.717) is 0 Å². The number of hydrogen-bond donors (Lipinski definition) is 0. The van der Waals surface area contributed by atoms with Crippen LogP contribution in [0.5, 0.6) is 0 Å². The predicted octanol–water partition coefficient (Wildman–Crippen LogP) is 1.93. The minimum absolute atomic E-state index is 0.862. The highest BCUT2D eigenvalue weighted by Crippen LogP contribution is 2.02. The summed E-state index contributed by atoms with van der Waals surface area (Å²) in [4.78, 5) is 6.25. The minimum atomic E-state index is 0.862. The Balaban J connectivity index is 2.28. The Morgan fingerprint density at radius 1 is 1.43 bits per heavy atom. The first-order valence-corrected chi connectivity index (χ1v) is 4.84. The Morgan fingerprint density at radius 3 is 2.79 bits per heavy atom. The monoisotopic (exact) mass is 188 g/mol. The summed E-state index contributed by atoms with van der Waals surface area (Å²) in [5.74, 6) is 2.65. The fraction of sp³-hybridized carbons (Fsp3) is 0.417. The minimum Gasteiger partial charge on any atom is -0.302 e. The van der Waals surface area contributed by atoms with E-state index in [1.54, 1.807) is 0 Å². The van der Waals surface area contributed by atoms with Gasteiger partial charge in [-0.3, -0.25) is 4.98 Å². The number of terminal acetylenes is 1. The molecule has 74 valence electrons. The zero-order valence-electron chi connectivity index (χ0n) is 8.61. The zero-order chi connectivity index (χ0) is 10.2. The van der Waals surface area contributed by atoms with Crippen molar-refractivity contribution >= 4 is 0 Å². The van der Waals surface area contributed by atoms with Gasteiger partial charge in [-0.1, -0.05) is 0 Å². The molecule has 0 aliphatic heterocycles. The third-order valence-corrected chi connectivity index (χ3v) is 2.06. The quantitative estimate of drug-likeness (QED) is 0.518. The van der Waals surface area contributed by atoms with Crippen molar-refractivity contribution in [2.24, 2.45) is 0 Å². The predicted molar refractivity (Wildman–Crippen MR) is 58.6 cm³/mol. The van der Waals surface area contributed by atoms with Gasteiger partial charge in [-0.2, -0.15) is 0 Å². The second kappa shape index (κ2) is 6.17. The van der Waals surface area contributed by atoms with E-state index in [9.17, 15) is 0 Å². The molecule has 0 saturated carbocycles. The van der Waals surface area contributed by atoms with Crippen LogP contribution in [0.3, 0.4) is 0 Å². The van der Waals surface area contributed by atoms with Gasteiger partial charge in [0.1, 0.15) is 0 Å². The van der Waals surface area contributed by atoms with Crippen LogP contribution in [0.2, 0.25) is 0 Å². The fourth-order valence-corrected chi connectivity index (χ4v) is 1.33. The Bertz CT molecular complexity index is 287. The summed E-state index contributed by atoms with van der Waals surface area (Å²) in [6.07, 6.45) is 10.8. The van der Waals surface area contributed by atoms with Gasteiger partial charge in [0, 0.05) is 25.4 Å². The summed E-state index contributed by atoms with van der Waals surface area (Å²) in [6.45, 7) is 2.01. The first-order valence-electron chi connectivity index (χ1n) is 4.84. The molecule has 1 rings (SSSR count). The summed E-state index contributed by atoms with van der Waals surface area (Å²) in [5, 5.41) is 0. The highest BCUT2D eigenvalue weighted by molar-refractivity contribution is 5.09. The van der Waals surface area contributed by atoms with Crippen LogP contribution in [0.1, 0.15) is 18.4 Å². The number of nitrogens with zero attached hydrogens (tertiary/aromatic N) is 2. The summed E-state index contributed by atoms with van der Waals surface area (Å²) in [7, 11) is 2.11. The van der Waals surface area contributed by atoms with Crippen LogP contribution in [0, 0.1) is 12.3 Å². The first-order chi connectivity index (χ1) is 6.83. The number of aromatic nitrogens is 1. The van der Waals surface area contributed by atoms with Crippen molar-refractivity contribution in [2.45, 2.75) is 19.4 Å². The van der Waals surface area contributed by atoms with Crippen molar-refractivity contribution < 1.29 is 0 Å². The molecular formula is C12H16N2. The van der Waals surface area contributed by atoms with Gasteiger partial charge in [0.2, 0.25) is 0 Å². The molecular weight excluding hydrogens is 172 g/mol. The molecule has 0 saturated heterocycles. The molecule has 0 spiro atoms. The van der Waals surface area contributed by atoms with Crippen LogP contribution in [-0.4, -0.2) is 23.5 Å². The second-order valence-corrected chi connectivity index (χ2v) is 3.40. The van der Waals surface area contributed by atoms with Gasteiger partial charge >= 0.3 is 0 Å². The van der Waals surface area contributed by atoms with E-state index in [-0.39, 0.29) is 0 Å². The second-order valence-electron chi connectivity index (χ2n) is 3.40. The SMILES string of the molecule is C#CCCCN(C)Cc1ccncc1. The molecule has 0 bridgehead atoms. The van der Waals surface area contributed by atoms with Crippen LogP contribution >= 0.6 is 0 Å². The first kappa shape index (κ1) is 10.7. The average molecular weight is 188 g/mol. The van der Waals surface area contributed by atoms with E-state index in [2.05, 4.69) is 22.9 Å². The molecule has 1 heterocycles. The molecule has 0 radical (unpaired) electrons. The van der Waals surface area contributed by atoms with Gasteiger partial charge in [0.15, 0.2) is 0 Å². The largest absolute Gasteiger partial charge is 0.302 e. The standard InChI is InChI=1S/C12H16N2/c1-3-4-5-10-14(2)11-12-6-8-13-9-7-12/h1,6-9H,4-5,10-11H2,2H3. The van der Waals surface area contributed by atoms with Crippen molar-refractivity contribution in [1.82, 2.24) is 9.88 Å². The van der Waals surface area contributed by atoms with Gasteiger partial charge < -0.3 is 4.90 Å². The average Bonchev–Trinajstić information content (AvgIpc) is 2.20. The molecule has 14 heavy (non-hydrogen) atoms. The third kappa shape index (κ3) is 4.06. The van der Waals surface area contributed by atoms with E-state index in [1.165, 1.54) is 5.56 Å². The molecule has 1 aromatic heterocycles. The number of unbranched alkanes of at least 4 members (excludes halogenated alkanes) is 1. The highest BCUT2D eigenvalue weighted by atomic mass is 15.1. The maximum atomic E-state index is 5.19. The van der Waals surface area contributed by atoms with Crippen LogP contribution in [0.25, 0.3) is 0 Å². The lowest BCUT2D eigenvalue weighted by Crippen LogP contribution is -2.18. The van der Waals surface area contributed by atoms with E-state index in [4.69, 9.17) is 6.42 Å².